The van der Waals surface area contributed by atoms with E-state index in [-0.39, 0.29) is 0 Å². The van der Waals surface area contributed by atoms with Gasteiger partial charge < -0.3 is 0 Å². The van der Waals surface area contributed by atoms with Crippen molar-refractivity contribution in [2.24, 2.45) is 5.92 Å². The average Bonchev–Trinajstić information content (AvgIpc) is 2.39. The maximum Gasteiger partial charge on any atom is 0.199 e. The molecule has 0 saturated heterocycles. The van der Waals surface area contributed by atoms with Crippen molar-refractivity contribution in [3.63, 3.8) is 0 Å². The molecule has 1 saturated carbocycles. The zero-order valence-electron chi connectivity index (χ0n) is 9.88. The largest absolute Gasteiger partial charge is 0.219 e. The number of hydrogen-bond acceptors (Lipinski definition) is 2. The maximum atomic E-state index is 12.0. The summed E-state index contributed by atoms with van der Waals surface area (Å²) in [6, 6.07) is 8.60. The molecule has 1 aromatic rings. The third kappa shape index (κ3) is 3.43. The van der Waals surface area contributed by atoms with E-state index in [1.165, 1.54) is 24.7 Å². The second-order valence-electron chi connectivity index (χ2n) is 4.58. The highest BCUT2D eigenvalue weighted by molar-refractivity contribution is 7.94. The summed E-state index contributed by atoms with van der Waals surface area (Å²) in [5.41, 5.74) is 0. The first kappa shape index (κ1) is 12.4. The molecule has 0 amide bonds. The van der Waals surface area contributed by atoms with Crippen molar-refractivity contribution in [1.29, 1.82) is 0 Å². The third-order valence-electron chi connectivity index (χ3n) is 3.25. The smallest absolute Gasteiger partial charge is 0.199 e. The van der Waals surface area contributed by atoms with Crippen LogP contribution < -0.4 is 0 Å². The summed E-state index contributed by atoms with van der Waals surface area (Å²) in [5.74, 6) is 0.447. The summed E-state index contributed by atoms with van der Waals surface area (Å²) in [5, 5.41) is 1.39. The second-order valence-corrected chi connectivity index (χ2v) is 6.42. The molecule has 0 unspecified atom stereocenters. The van der Waals surface area contributed by atoms with E-state index in [4.69, 9.17) is 0 Å². The van der Waals surface area contributed by atoms with Crippen molar-refractivity contribution >= 4 is 9.84 Å². The van der Waals surface area contributed by atoms with E-state index in [9.17, 15) is 8.42 Å². The molecule has 0 heterocycles. The van der Waals surface area contributed by atoms with Gasteiger partial charge in [-0.15, -0.1) is 0 Å². The SMILES string of the molecule is O=S(=O)(/C=C\C1CCCCC1)c1ccccc1. The predicted molar refractivity (Wildman–Crippen MR) is 69.3 cm³/mol. The van der Waals surface area contributed by atoms with Crippen molar-refractivity contribution in [2.45, 2.75) is 37.0 Å². The molecule has 2 nitrogen and oxygen atoms in total. The van der Waals surface area contributed by atoms with E-state index < -0.39 is 9.84 Å². The first-order valence-electron chi connectivity index (χ1n) is 6.17. The fraction of sp³-hybridized carbons (Fsp3) is 0.429. The minimum atomic E-state index is -3.24. The van der Waals surface area contributed by atoms with E-state index >= 15 is 0 Å². The van der Waals surface area contributed by atoms with E-state index in [1.807, 2.05) is 12.1 Å². The summed E-state index contributed by atoms with van der Waals surface area (Å²) >= 11 is 0. The Balaban J connectivity index is 2.09. The topological polar surface area (TPSA) is 34.1 Å². The van der Waals surface area contributed by atoms with Gasteiger partial charge in [0, 0.05) is 5.41 Å². The molecule has 3 heteroatoms. The summed E-state index contributed by atoms with van der Waals surface area (Å²) in [4.78, 5) is 0.382. The molecule has 1 aliphatic carbocycles. The van der Waals surface area contributed by atoms with Gasteiger partial charge in [0.25, 0.3) is 0 Å². The van der Waals surface area contributed by atoms with E-state index in [0.29, 0.717) is 10.8 Å². The molecule has 0 N–H and O–H groups in total. The Bertz CT molecular complexity index is 468. The molecule has 1 aromatic carbocycles. The highest BCUT2D eigenvalue weighted by Gasteiger charge is 2.13. The van der Waals surface area contributed by atoms with Crippen LogP contribution >= 0.6 is 0 Å². The zero-order chi connectivity index (χ0) is 12.1. The van der Waals surface area contributed by atoms with Gasteiger partial charge in [-0.3, -0.25) is 0 Å². The van der Waals surface area contributed by atoms with Crippen molar-refractivity contribution in [2.75, 3.05) is 0 Å². The molecule has 0 aromatic heterocycles. The molecule has 2 rings (SSSR count). The van der Waals surface area contributed by atoms with Crippen LogP contribution in [0.25, 0.3) is 0 Å². The third-order valence-corrected chi connectivity index (χ3v) is 4.70. The summed E-state index contributed by atoms with van der Waals surface area (Å²) in [6.07, 6.45) is 7.86. The lowest BCUT2D eigenvalue weighted by molar-refractivity contribution is 0.419. The van der Waals surface area contributed by atoms with Crippen molar-refractivity contribution in [3.8, 4) is 0 Å². The summed E-state index contributed by atoms with van der Waals surface area (Å²) in [6.45, 7) is 0. The highest BCUT2D eigenvalue weighted by Crippen LogP contribution is 2.25. The fourth-order valence-corrected chi connectivity index (χ4v) is 3.35. The number of hydrogen-bond donors (Lipinski definition) is 0. The first-order valence-corrected chi connectivity index (χ1v) is 7.71. The molecular formula is C14H18O2S. The molecule has 1 fully saturated rings. The predicted octanol–water partition coefficient (Wildman–Crippen LogP) is 3.55. The Morgan fingerprint density at radius 3 is 2.29 bits per heavy atom. The van der Waals surface area contributed by atoms with Crippen molar-refractivity contribution in [3.05, 3.63) is 41.8 Å². The van der Waals surface area contributed by atoms with Crippen LogP contribution in [0.5, 0.6) is 0 Å². The van der Waals surface area contributed by atoms with Crippen LogP contribution in [0, 0.1) is 5.92 Å². The molecule has 0 bridgehead atoms. The monoisotopic (exact) mass is 250 g/mol. The van der Waals surface area contributed by atoms with E-state index in [1.54, 1.807) is 24.3 Å². The number of allylic oxidation sites excluding steroid dienone is 1. The summed E-state index contributed by atoms with van der Waals surface area (Å²) in [7, 11) is -3.24. The van der Waals surface area contributed by atoms with Gasteiger partial charge in [-0.2, -0.15) is 0 Å². The lowest BCUT2D eigenvalue weighted by Gasteiger charge is -2.17. The Morgan fingerprint density at radius 2 is 1.65 bits per heavy atom. The van der Waals surface area contributed by atoms with Gasteiger partial charge >= 0.3 is 0 Å². The van der Waals surface area contributed by atoms with Gasteiger partial charge in [0.2, 0.25) is 0 Å². The molecule has 0 aliphatic heterocycles. The Hall–Kier alpha value is -1.09. The van der Waals surface area contributed by atoms with Gasteiger partial charge in [0.05, 0.1) is 4.90 Å². The van der Waals surface area contributed by atoms with Gasteiger partial charge in [-0.05, 0) is 30.9 Å². The lowest BCUT2D eigenvalue weighted by atomic mass is 9.90. The standard InChI is InChI=1S/C14H18O2S/c15-17(16,14-9-5-2-6-10-14)12-11-13-7-3-1-4-8-13/h2,5-6,9-13H,1,3-4,7-8H2/b12-11-. The molecule has 0 spiro atoms. The number of sulfone groups is 1. The van der Waals surface area contributed by atoms with Gasteiger partial charge in [0.15, 0.2) is 9.84 Å². The van der Waals surface area contributed by atoms with Crippen LogP contribution in [0.4, 0.5) is 0 Å². The van der Waals surface area contributed by atoms with Crippen molar-refractivity contribution in [1.82, 2.24) is 0 Å². The van der Waals surface area contributed by atoms with Crippen LogP contribution in [0.2, 0.25) is 0 Å². The van der Waals surface area contributed by atoms with Gasteiger partial charge in [0.1, 0.15) is 0 Å². The fourth-order valence-electron chi connectivity index (χ4n) is 2.23. The number of benzene rings is 1. The van der Waals surface area contributed by atoms with Crippen molar-refractivity contribution < 1.29 is 8.42 Å². The van der Waals surface area contributed by atoms with Crippen LogP contribution in [0.3, 0.4) is 0 Å². The first-order chi connectivity index (χ1) is 8.18. The molecule has 0 radical (unpaired) electrons. The van der Waals surface area contributed by atoms with Crippen LogP contribution in [-0.2, 0) is 9.84 Å². The Labute approximate surface area is 103 Å². The number of rotatable bonds is 3. The lowest BCUT2D eigenvalue weighted by Crippen LogP contribution is -2.04. The van der Waals surface area contributed by atoms with E-state index in [2.05, 4.69) is 0 Å². The normalized spacial score (nSPS) is 18.6. The van der Waals surface area contributed by atoms with E-state index in [0.717, 1.165) is 12.8 Å². The maximum absolute atomic E-state index is 12.0. The van der Waals surface area contributed by atoms with Crippen LogP contribution in [0.1, 0.15) is 32.1 Å². The zero-order valence-corrected chi connectivity index (χ0v) is 10.7. The summed E-state index contributed by atoms with van der Waals surface area (Å²) < 4.78 is 24.0. The van der Waals surface area contributed by atoms with Crippen LogP contribution in [-0.4, -0.2) is 8.42 Å². The van der Waals surface area contributed by atoms with Gasteiger partial charge in [-0.1, -0.05) is 43.5 Å². The molecule has 17 heavy (non-hydrogen) atoms. The van der Waals surface area contributed by atoms with Crippen LogP contribution in [0.15, 0.2) is 46.7 Å². The molecule has 92 valence electrons. The molecular weight excluding hydrogens is 232 g/mol. The molecule has 1 aliphatic rings. The quantitative estimate of drug-likeness (QED) is 0.822. The second kappa shape index (κ2) is 5.50. The minimum absolute atomic E-state index is 0.382. The Kier molecular flexibility index (Phi) is 4.00. The Morgan fingerprint density at radius 1 is 1.00 bits per heavy atom. The van der Waals surface area contributed by atoms with Gasteiger partial charge in [-0.25, -0.2) is 8.42 Å². The highest BCUT2D eigenvalue weighted by atomic mass is 32.2. The molecule has 0 atom stereocenters. The minimum Gasteiger partial charge on any atom is -0.219 e. The average molecular weight is 250 g/mol.